The van der Waals surface area contributed by atoms with E-state index in [-0.39, 0.29) is 5.56 Å². The van der Waals surface area contributed by atoms with Gasteiger partial charge in [-0.1, -0.05) is 17.9 Å². The van der Waals surface area contributed by atoms with Crippen LogP contribution >= 0.6 is 0 Å². The molecule has 0 radical (unpaired) electrons. The molecule has 1 fully saturated rings. The van der Waals surface area contributed by atoms with Gasteiger partial charge in [-0.05, 0) is 44.2 Å². The third-order valence-electron chi connectivity index (χ3n) is 4.26. The fourth-order valence-electron chi connectivity index (χ4n) is 2.61. The molecule has 0 aromatic heterocycles. The molecule has 1 aliphatic rings. The molecule has 0 saturated carbocycles. The van der Waals surface area contributed by atoms with Crippen LogP contribution in [0.5, 0.6) is 0 Å². The zero-order valence-electron chi connectivity index (χ0n) is 15.7. The molecule has 1 atom stereocenters. The number of hydrogen-bond acceptors (Lipinski definition) is 5. The van der Waals surface area contributed by atoms with Crippen LogP contribution in [0.2, 0.25) is 0 Å². The maximum Gasteiger partial charge on any atom is 0.268 e. The molecule has 1 aromatic carbocycles. The highest BCUT2D eigenvalue weighted by Crippen LogP contribution is 2.14. The smallest absolute Gasteiger partial charge is 0.268 e. The number of carbonyl (C=O) groups excluding carboxylic acids is 3. The normalized spacial score (nSPS) is 15.2. The molecule has 1 aliphatic heterocycles. The van der Waals surface area contributed by atoms with E-state index in [1.165, 1.54) is 19.3 Å². The van der Waals surface area contributed by atoms with Crippen molar-refractivity contribution in [2.45, 2.75) is 25.5 Å². The number of carbonyl (C=O) groups is 3. The van der Waals surface area contributed by atoms with Gasteiger partial charge in [0.1, 0.15) is 6.04 Å². The lowest BCUT2D eigenvalue weighted by molar-refractivity contribution is -0.136. The highest BCUT2D eigenvalue weighted by molar-refractivity contribution is 5.97. The first-order valence-electron chi connectivity index (χ1n) is 8.69. The van der Waals surface area contributed by atoms with E-state index in [9.17, 15) is 19.5 Å². The Bertz CT molecular complexity index is 809. The third-order valence-corrected chi connectivity index (χ3v) is 4.26. The lowest BCUT2D eigenvalue weighted by Crippen LogP contribution is -2.57. The van der Waals surface area contributed by atoms with E-state index < -0.39 is 23.5 Å². The fraction of sp³-hybridized carbons (Fsp3) is 0.350. The van der Waals surface area contributed by atoms with E-state index in [2.05, 4.69) is 17.2 Å². The van der Waals surface area contributed by atoms with E-state index in [4.69, 9.17) is 5.21 Å². The van der Waals surface area contributed by atoms with Gasteiger partial charge in [0, 0.05) is 30.1 Å². The number of rotatable bonds is 6. The SMILES string of the molecule is CC(C)(O)[C@H](NC(=O)c1ccc(C#C/C=C/C2CN(C=O)C2)cc1)C(=O)NO. The topological polar surface area (TPSA) is 119 Å². The number of benzene rings is 1. The Hall–Kier alpha value is -3.15. The van der Waals surface area contributed by atoms with Crippen LogP contribution < -0.4 is 10.8 Å². The van der Waals surface area contributed by atoms with E-state index >= 15 is 0 Å². The quantitative estimate of drug-likeness (QED) is 0.239. The molecule has 1 saturated heterocycles. The first-order valence-corrected chi connectivity index (χ1v) is 8.69. The maximum atomic E-state index is 12.3. The first kappa shape index (κ1) is 21.2. The first-order chi connectivity index (χ1) is 13.2. The van der Waals surface area contributed by atoms with Crippen LogP contribution in [0.4, 0.5) is 0 Å². The van der Waals surface area contributed by atoms with Gasteiger partial charge in [0.05, 0.1) is 5.60 Å². The number of aliphatic hydroxyl groups is 1. The molecule has 3 amide bonds. The number of hydroxylamine groups is 1. The summed E-state index contributed by atoms with van der Waals surface area (Å²) in [5.74, 6) is 4.70. The molecule has 0 bridgehead atoms. The molecule has 148 valence electrons. The summed E-state index contributed by atoms with van der Waals surface area (Å²) in [5.41, 5.74) is 0.851. The Morgan fingerprint density at radius 3 is 2.46 bits per heavy atom. The molecule has 28 heavy (non-hydrogen) atoms. The second-order valence-corrected chi connectivity index (χ2v) is 7.06. The van der Waals surface area contributed by atoms with Gasteiger partial charge in [0.25, 0.3) is 11.8 Å². The molecule has 0 unspecified atom stereocenters. The summed E-state index contributed by atoms with van der Waals surface area (Å²) in [6.45, 7) is 4.12. The van der Waals surface area contributed by atoms with Crippen molar-refractivity contribution in [3.63, 3.8) is 0 Å². The molecule has 8 heteroatoms. The summed E-state index contributed by atoms with van der Waals surface area (Å²) in [5, 5.41) is 21.2. The van der Waals surface area contributed by atoms with Crippen molar-refractivity contribution in [1.29, 1.82) is 0 Å². The molecule has 1 aromatic rings. The van der Waals surface area contributed by atoms with Crippen molar-refractivity contribution in [2.75, 3.05) is 13.1 Å². The standard InChI is InChI=1S/C20H23N3O5/c1-20(2,27)17(19(26)22-28)21-18(25)16-9-7-14(8-10-16)5-3-4-6-15-11-23(12-15)13-24/h4,6-10,13,15,17,27-28H,11-12H2,1-2H3,(H,21,25)(H,22,26)/b6-4+/t17-/m1/s1. The Morgan fingerprint density at radius 2 is 1.93 bits per heavy atom. The minimum absolute atomic E-state index is 0.282. The third kappa shape index (κ3) is 5.67. The highest BCUT2D eigenvalue weighted by Gasteiger charge is 2.34. The molecular formula is C20H23N3O5. The fourth-order valence-corrected chi connectivity index (χ4v) is 2.61. The van der Waals surface area contributed by atoms with Crippen molar-refractivity contribution in [3.8, 4) is 11.8 Å². The van der Waals surface area contributed by atoms with Crippen molar-refractivity contribution >= 4 is 18.2 Å². The molecule has 0 spiro atoms. The summed E-state index contributed by atoms with van der Waals surface area (Å²) < 4.78 is 0. The second-order valence-electron chi connectivity index (χ2n) is 7.06. The van der Waals surface area contributed by atoms with Crippen LogP contribution in [0.1, 0.15) is 29.8 Å². The van der Waals surface area contributed by atoms with Gasteiger partial charge in [0.2, 0.25) is 6.41 Å². The van der Waals surface area contributed by atoms with Crippen LogP contribution in [0.25, 0.3) is 0 Å². The highest BCUT2D eigenvalue weighted by atomic mass is 16.5. The van der Waals surface area contributed by atoms with Crippen LogP contribution in [0.15, 0.2) is 36.4 Å². The average molecular weight is 385 g/mol. The van der Waals surface area contributed by atoms with E-state index in [0.717, 1.165) is 6.41 Å². The van der Waals surface area contributed by atoms with Crippen LogP contribution in [0, 0.1) is 17.8 Å². The average Bonchev–Trinajstić information content (AvgIpc) is 2.63. The minimum Gasteiger partial charge on any atom is -0.388 e. The second kappa shape index (κ2) is 9.17. The minimum atomic E-state index is -1.57. The number of hydrogen-bond donors (Lipinski definition) is 4. The van der Waals surface area contributed by atoms with Gasteiger partial charge in [-0.15, -0.1) is 0 Å². The molecular weight excluding hydrogens is 362 g/mol. The Balaban J connectivity index is 1.95. The number of likely N-dealkylation sites (tertiary alicyclic amines) is 1. The van der Waals surface area contributed by atoms with Crippen LogP contribution in [0.3, 0.4) is 0 Å². The number of allylic oxidation sites excluding steroid dienone is 1. The number of nitrogens with zero attached hydrogens (tertiary/aromatic N) is 1. The van der Waals surface area contributed by atoms with Crippen molar-refractivity contribution < 1.29 is 24.7 Å². The molecule has 2 rings (SSSR count). The number of nitrogens with one attached hydrogen (secondary N) is 2. The Labute approximate surface area is 163 Å². The van der Waals surface area contributed by atoms with E-state index in [0.29, 0.717) is 24.6 Å². The monoisotopic (exact) mass is 385 g/mol. The van der Waals surface area contributed by atoms with Crippen molar-refractivity contribution in [2.24, 2.45) is 5.92 Å². The summed E-state index contributed by atoms with van der Waals surface area (Å²) in [4.78, 5) is 36.1. The molecule has 4 N–H and O–H groups in total. The maximum absolute atomic E-state index is 12.3. The van der Waals surface area contributed by atoms with Crippen molar-refractivity contribution in [1.82, 2.24) is 15.7 Å². The largest absolute Gasteiger partial charge is 0.388 e. The molecule has 1 heterocycles. The summed E-state index contributed by atoms with van der Waals surface area (Å²) >= 11 is 0. The van der Waals surface area contributed by atoms with Gasteiger partial charge in [-0.2, -0.15) is 0 Å². The van der Waals surface area contributed by atoms with Gasteiger partial charge in [0.15, 0.2) is 0 Å². The lowest BCUT2D eigenvalue weighted by Gasteiger charge is -2.34. The van der Waals surface area contributed by atoms with Crippen LogP contribution in [-0.4, -0.2) is 58.2 Å². The lowest BCUT2D eigenvalue weighted by atomic mass is 9.97. The van der Waals surface area contributed by atoms with Gasteiger partial charge in [-0.3, -0.25) is 19.6 Å². The van der Waals surface area contributed by atoms with Gasteiger partial charge < -0.3 is 15.3 Å². The zero-order chi connectivity index (χ0) is 20.7. The van der Waals surface area contributed by atoms with Gasteiger partial charge in [-0.25, -0.2) is 5.48 Å². The predicted molar refractivity (Wildman–Crippen MR) is 101 cm³/mol. The summed E-state index contributed by atoms with van der Waals surface area (Å²) in [6.07, 6.45) is 4.53. The van der Waals surface area contributed by atoms with Crippen LogP contribution in [-0.2, 0) is 9.59 Å². The Kier molecular flexibility index (Phi) is 6.93. The molecule has 8 nitrogen and oxygen atoms in total. The Morgan fingerprint density at radius 1 is 1.29 bits per heavy atom. The summed E-state index contributed by atoms with van der Waals surface area (Å²) in [7, 11) is 0. The molecule has 0 aliphatic carbocycles. The number of amides is 3. The zero-order valence-corrected chi connectivity index (χ0v) is 15.7. The van der Waals surface area contributed by atoms with Gasteiger partial charge >= 0.3 is 0 Å². The van der Waals surface area contributed by atoms with Crippen molar-refractivity contribution in [3.05, 3.63) is 47.5 Å². The van der Waals surface area contributed by atoms with E-state index in [1.807, 2.05) is 6.08 Å². The van der Waals surface area contributed by atoms with E-state index in [1.54, 1.807) is 35.2 Å². The predicted octanol–water partition coefficient (Wildman–Crippen LogP) is 0.0572. The summed E-state index contributed by atoms with van der Waals surface area (Å²) in [6, 6.07) is 5.11.